The third kappa shape index (κ3) is 6.11. The Morgan fingerprint density at radius 3 is 2.74 bits per heavy atom. The van der Waals surface area contributed by atoms with Crippen LogP contribution >= 0.6 is 11.8 Å². The van der Waals surface area contributed by atoms with Crippen LogP contribution in [-0.2, 0) is 11.3 Å². The third-order valence-corrected chi connectivity index (χ3v) is 7.14. The Morgan fingerprint density at radius 1 is 1.12 bits per heavy atom. The SMILES string of the molecule is COc1cccc(NCc2nnc(SCC(=O)Nc3cc(C)ccc3C)n2C2CCCCC2)c1. The Kier molecular flexibility index (Phi) is 8.11. The van der Waals surface area contributed by atoms with E-state index in [2.05, 4.69) is 25.4 Å². The predicted molar refractivity (Wildman–Crippen MR) is 138 cm³/mol. The predicted octanol–water partition coefficient (Wildman–Crippen LogP) is 5.75. The van der Waals surface area contributed by atoms with Gasteiger partial charge in [0.25, 0.3) is 0 Å². The van der Waals surface area contributed by atoms with E-state index in [9.17, 15) is 4.79 Å². The van der Waals surface area contributed by atoms with Crippen molar-refractivity contribution in [2.45, 2.75) is 63.7 Å². The molecule has 0 atom stereocenters. The molecule has 0 aliphatic heterocycles. The van der Waals surface area contributed by atoms with Crippen molar-refractivity contribution in [3.8, 4) is 5.75 Å². The smallest absolute Gasteiger partial charge is 0.234 e. The van der Waals surface area contributed by atoms with Crippen molar-refractivity contribution in [1.82, 2.24) is 14.8 Å². The molecule has 1 aliphatic carbocycles. The Hall–Kier alpha value is -3.00. The molecule has 180 valence electrons. The van der Waals surface area contributed by atoms with Crippen LogP contribution in [-0.4, -0.2) is 33.5 Å². The molecule has 0 saturated heterocycles. The number of amides is 1. The van der Waals surface area contributed by atoms with Crippen molar-refractivity contribution in [2.75, 3.05) is 23.5 Å². The largest absolute Gasteiger partial charge is 0.497 e. The lowest BCUT2D eigenvalue weighted by molar-refractivity contribution is -0.113. The number of thioether (sulfide) groups is 1. The molecule has 34 heavy (non-hydrogen) atoms. The van der Waals surface area contributed by atoms with Crippen molar-refractivity contribution in [3.63, 3.8) is 0 Å². The summed E-state index contributed by atoms with van der Waals surface area (Å²) in [6, 6.07) is 14.3. The number of aryl methyl sites for hydroxylation is 2. The number of aromatic nitrogens is 3. The second-order valence-electron chi connectivity index (χ2n) is 8.80. The third-order valence-electron chi connectivity index (χ3n) is 6.19. The van der Waals surface area contributed by atoms with Crippen LogP contribution in [0.1, 0.15) is 55.1 Å². The highest BCUT2D eigenvalue weighted by Crippen LogP contribution is 2.33. The summed E-state index contributed by atoms with van der Waals surface area (Å²) < 4.78 is 7.58. The number of hydrogen-bond donors (Lipinski definition) is 2. The molecule has 1 heterocycles. The number of ether oxygens (including phenoxy) is 1. The molecule has 4 rings (SSSR count). The number of nitrogens with zero attached hydrogens (tertiary/aromatic N) is 3. The van der Waals surface area contributed by atoms with Crippen LogP contribution < -0.4 is 15.4 Å². The first kappa shape index (κ1) is 24.1. The summed E-state index contributed by atoms with van der Waals surface area (Å²) >= 11 is 1.46. The lowest BCUT2D eigenvalue weighted by Gasteiger charge is -2.25. The van der Waals surface area contributed by atoms with Crippen LogP contribution in [0.4, 0.5) is 11.4 Å². The van der Waals surface area contributed by atoms with Crippen molar-refractivity contribution in [2.24, 2.45) is 0 Å². The highest BCUT2D eigenvalue weighted by atomic mass is 32.2. The molecule has 1 aromatic heterocycles. The normalized spacial score (nSPS) is 14.1. The lowest BCUT2D eigenvalue weighted by Crippen LogP contribution is -2.19. The van der Waals surface area contributed by atoms with Crippen molar-refractivity contribution in [1.29, 1.82) is 0 Å². The first-order valence-corrected chi connectivity index (χ1v) is 12.8. The highest BCUT2D eigenvalue weighted by Gasteiger charge is 2.23. The van der Waals surface area contributed by atoms with E-state index in [-0.39, 0.29) is 5.91 Å². The fraction of sp³-hybridized carbons (Fsp3) is 0.423. The minimum atomic E-state index is -0.0343. The Labute approximate surface area is 205 Å². The molecular weight excluding hydrogens is 446 g/mol. The van der Waals surface area contributed by atoms with E-state index in [0.717, 1.165) is 52.1 Å². The number of anilines is 2. The highest BCUT2D eigenvalue weighted by molar-refractivity contribution is 7.99. The molecule has 0 unspecified atom stereocenters. The Bertz CT molecular complexity index is 1120. The van der Waals surface area contributed by atoms with E-state index in [4.69, 9.17) is 4.74 Å². The molecule has 2 aromatic carbocycles. The van der Waals surface area contributed by atoms with Gasteiger partial charge in [0, 0.05) is 23.5 Å². The first-order chi connectivity index (χ1) is 16.5. The summed E-state index contributed by atoms with van der Waals surface area (Å²) in [4.78, 5) is 12.7. The fourth-order valence-electron chi connectivity index (χ4n) is 4.33. The molecule has 1 amide bonds. The fourth-order valence-corrected chi connectivity index (χ4v) is 5.16. The average molecular weight is 480 g/mol. The number of methoxy groups -OCH3 is 1. The number of hydrogen-bond acceptors (Lipinski definition) is 6. The van der Waals surface area contributed by atoms with Crippen LogP contribution in [0, 0.1) is 13.8 Å². The number of carbonyl (C=O) groups is 1. The quantitative estimate of drug-likeness (QED) is 0.380. The Morgan fingerprint density at radius 2 is 1.94 bits per heavy atom. The topological polar surface area (TPSA) is 81.1 Å². The first-order valence-electron chi connectivity index (χ1n) is 11.8. The molecule has 1 fully saturated rings. The van der Waals surface area contributed by atoms with Crippen LogP contribution in [0.25, 0.3) is 0 Å². The van der Waals surface area contributed by atoms with E-state index < -0.39 is 0 Å². The molecule has 3 aromatic rings. The molecule has 2 N–H and O–H groups in total. The lowest BCUT2D eigenvalue weighted by atomic mass is 9.95. The van der Waals surface area contributed by atoms with Crippen molar-refractivity contribution >= 4 is 29.0 Å². The van der Waals surface area contributed by atoms with Gasteiger partial charge in [0.05, 0.1) is 19.4 Å². The second-order valence-corrected chi connectivity index (χ2v) is 9.74. The van der Waals surface area contributed by atoms with Gasteiger partial charge in [-0.1, -0.05) is 49.2 Å². The number of nitrogens with one attached hydrogen (secondary N) is 2. The van der Waals surface area contributed by atoms with E-state index in [1.54, 1.807) is 7.11 Å². The molecule has 0 radical (unpaired) electrons. The number of carbonyl (C=O) groups excluding carboxylic acids is 1. The maximum Gasteiger partial charge on any atom is 0.234 e. The van der Waals surface area contributed by atoms with Gasteiger partial charge in [-0.15, -0.1) is 10.2 Å². The minimum Gasteiger partial charge on any atom is -0.497 e. The molecule has 1 aliphatic rings. The van der Waals surface area contributed by atoms with Crippen molar-refractivity contribution < 1.29 is 9.53 Å². The summed E-state index contributed by atoms with van der Waals surface area (Å²) in [5.41, 5.74) is 4.01. The zero-order chi connectivity index (χ0) is 23.9. The molecule has 7 nitrogen and oxygen atoms in total. The van der Waals surface area contributed by atoms with Gasteiger partial charge in [0.15, 0.2) is 11.0 Å². The van der Waals surface area contributed by atoms with Crippen molar-refractivity contribution in [3.05, 3.63) is 59.4 Å². The van der Waals surface area contributed by atoms with Crippen LogP contribution in [0.15, 0.2) is 47.6 Å². The van der Waals surface area contributed by atoms with Crippen LogP contribution in [0.2, 0.25) is 0 Å². The monoisotopic (exact) mass is 479 g/mol. The Balaban J connectivity index is 1.46. The van der Waals surface area contributed by atoms with E-state index in [1.807, 2.05) is 56.3 Å². The molecule has 8 heteroatoms. The number of rotatable bonds is 9. The second kappa shape index (κ2) is 11.4. The summed E-state index contributed by atoms with van der Waals surface area (Å²) in [6.07, 6.45) is 5.93. The van der Waals surface area contributed by atoms with E-state index in [1.165, 1.54) is 31.0 Å². The maximum absolute atomic E-state index is 12.7. The molecular formula is C26H33N5O2S. The molecule has 0 spiro atoms. The summed E-state index contributed by atoms with van der Waals surface area (Å²) in [5.74, 6) is 1.96. The van der Waals surface area contributed by atoms with Gasteiger partial charge in [-0.05, 0) is 56.0 Å². The zero-order valence-corrected chi connectivity index (χ0v) is 21.0. The molecule has 1 saturated carbocycles. The van der Waals surface area contributed by atoms with E-state index >= 15 is 0 Å². The van der Waals surface area contributed by atoms with Gasteiger partial charge in [-0.3, -0.25) is 4.79 Å². The van der Waals surface area contributed by atoms with Gasteiger partial charge in [0.2, 0.25) is 5.91 Å². The van der Waals surface area contributed by atoms with Gasteiger partial charge < -0.3 is 19.9 Å². The number of benzene rings is 2. The van der Waals surface area contributed by atoms with Gasteiger partial charge in [-0.25, -0.2) is 0 Å². The van der Waals surface area contributed by atoms with Crippen LogP contribution in [0.3, 0.4) is 0 Å². The summed E-state index contributed by atoms with van der Waals surface area (Å²) in [5, 5.41) is 16.3. The van der Waals surface area contributed by atoms with Gasteiger partial charge in [0.1, 0.15) is 5.75 Å². The summed E-state index contributed by atoms with van der Waals surface area (Å²) in [7, 11) is 1.67. The molecule has 0 bridgehead atoms. The van der Waals surface area contributed by atoms with Gasteiger partial charge >= 0.3 is 0 Å². The summed E-state index contributed by atoms with van der Waals surface area (Å²) in [6.45, 7) is 4.59. The minimum absolute atomic E-state index is 0.0343. The average Bonchev–Trinajstić information content (AvgIpc) is 3.27. The maximum atomic E-state index is 12.7. The van der Waals surface area contributed by atoms with Crippen LogP contribution in [0.5, 0.6) is 5.75 Å². The van der Waals surface area contributed by atoms with Gasteiger partial charge in [-0.2, -0.15) is 0 Å². The van der Waals surface area contributed by atoms with E-state index in [0.29, 0.717) is 18.3 Å². The standard InChI is InChI=1S/C26H33N5O2S/c1-18-12-13-19(2)23(14-18)28-25(32)17-34-26-30-29-24(31(26)21-9-5-4-6-10-21)16-27-20-8-7-11-22(15-20)33-3/h7-8,11-15,21,27H,4-6,9-10,16-17H2,1-3H3,(H,28,32). The zero-order valence-electron chi connectivity index (χ0n) is 20.1.